The number of ether oxygens (including phenoxy) is 1. The summed E-state index contributed by atoms with van der Waals surface area (Å²) >= 11 is 12.9. The first kappa shape index (κ1) is 17.2. The van der Waals surface area contributed by atoms with Crippen LogP contribution in [0, 0.1) is 16.0 Å². The maximum atomic E-state index is 11.2. The van der Waals surface area contributed by atoms with Crippen molar-refractivity contribution in [2.45, 2.75) is 18.4 Å². The predicted molar refractivity (Wildman–Crippen MR) is 102 cm³/mol. The van der Waals surface area contributed by atoms with E-state index < -0.39 is 4.92 Å². The smallest absolute Gasteiger partial charge is 0.269 e. The van der Waals surface area contributed by atoms with E-state index in [0.717, 1.165) is 17.7 Å². The van der Waals surface area contributed by atoms with Crippen molar-refractivity contribution < 1.29 is 9.66 Å². The Balaban J connectivity index is 1.87. The second kappa shape index (κ2) is 6.49. The Morgan fingerprint density at radius 3 is 2.73 bits per heavy atom. The number of non-ortho nitro benzene ring substituents is 1. The summed E-state index contributed by atoms with van der Waals surface area (Å²) in [6.07, 6.45) is 5.11. The van der Waals surface area contributed by atoms with Gasteiger partial charge in [-0.15, -0.1) is 0 Å². The minimum absolute atomic E-state index is 0.0255. The first-order valence-electron chi connectivity index (χ1n) is 8.24. The van der Waals surface area contributed by atoms with Crippen LogP contribution < -0.4 is 10.1 Å². The third-order valence-corrected chi connectivity index (χ3v) is 5.85. The molecule has 2 aromatic carbocycles. The SMILES string of the molecule is COc1ccc(Cl)c2c1N[C@@H](c1cc([N+](=O)[O-])ccc1Cl)[C@H]1CC=C[C@@H]21. The fourth-order valence-electron chi connectivity index (χ4n) is 4.00. The molecule has 1 aliphatic heterocycles. The van der Waals surface area contributed by atoms with Crippen LogP contribution in [0.3, 0.4) is 0 Å². The van der Waals surface area contributed by atoms with Crippen molar-refractivity contribution in [2.24, 2.45) is 5.92 Å². The number of nitro benzene ring substituents is 1. The Bertz CT molecular complexity index is 929. The molecule has 0 amide bonds. The molecule has 3 atom stereocenters. The molecule has 1 aliphatic carbocycles. The molecule has 0 bridgehead atoms. The summed E-state index contributed by atoms with van der Waals surface area (Å²) in [4.78, 5) is 10.8. The van der Waals surface area contributed by atoms with Crippen molar-refractivity contribution in [3.63, 3.8) is 0 Å². The van der Waals surface area contributed by atoms with Gasteiger partial charge in [0.1, 0.15) is 5.75 Å². The molecule has 2 aliphatic rings. The molecule has 0 saturated carbocycles. The van der Waals surface area contributed by atoms with Gasteiger partial charge >= 0.3 is 0 Å². The van der Waals surface area contributed by atoms with Gasteiger partial charge in [-0.25, -0.2) is 0 Å². The van der Waals surface area contributed by atoms with E-state index in [1.807, 2.05) is 12.1 Å². The Morgan fingerprint density at radius 1 is 1.23 bits per heavy atom. The van der Waals surface area contributed by atoms with Crippen molar-refractivity contribution >= 4 is 34.6 Å². The van der Waals surface area contributed by atoms with Gasteiger partial charge < -0.3 is 10.1 Å². The number of nitro groups is 1. The maximum absolute atomic E-state index is 11.2. The number of allylic oxidation sites excluding steroid dienone is 2. The van der Waals surface area contributed by atoms with Crippen LogP contribution in [0.2, 0.25) is 10.0 Å². The topological polar surface area (TPSA) is 64.4 Å². The molecule has 0 fully saturated rings. The number of hydrogen-bond acceptors (Lipinski definition) is 4. The normalized spacial score (nSPS) is 23.1. The number of methoxy groups -OCH3 is 1. The molecule has 2 aromatic rings. The number of halogens is 2. The summed E-state index contributed by atoms with van der Waals surface area (Å²) in [5.74, 6) is 0.968. The molecular formula is C19H16Cl2N2O3. The molecular weight excluding hydrogens is 375 g/mol. The van der Waals surface area contributed by atoms with Gasteiger partial charge in [-0.3, -0.25) is 10.1 Å². The number of nitrogens with zero attached hydrogens (tertiary/aromatic N) is 1. The van der Waals surface area contributed by atoms with Gasteiger partial charge in [0, 0.05) is 39.2 Å². The van der Waals surface area contributed by atoms with Crippen molar-refractivity contribution in [3.8, 4) is 5.75 Å². The molecule has 7 heteroatoms. The van der Waals surface area contributed by atoms with E-state index >= 15 is 0 Å². The van der Waals surface area contributed by atoms with Crippen LogP contribution in [0.25, 0.3) is 0 Å². The number of anilines is 1. The second-order valence-electron chi connectivity index (χ2n) is 6.48. The van der Waals surface area contributed by atoms with Crippen molar-refractivity contribution in [3.05, 3.63) is 73.8 Å². The quantitative estimate of drug-likeness (QED) is 0.412. The zero-order chi connectivity index (χ0) is 18.4. The molecule has 0 aromatic heterocycles. The fraction of sp³-hybridized carbons (Fsp3) is 0.263. The van der Waals surface area contributed by atoms with Crippen LogP contribution in [0.5, 0.6) is 5.75 Å². The van der Waals surface area contributed by atoms with E-state index in [0.29, 0.717) is 21.4 Å². The van der Waals surface area contributed by atoms with Crippen LogP contribution in [0.1, 0.15) is 29.5 Å². The van der Waals surface area contributed by atoms with E-state index in [1.54, 1.807) is 19.2 Å². The van der Waals surface area contributed by atoms with Gasteiger partial charge in [0.15, 0.2) is 0 Å². The van der Waals surface area contributed by atoms with Gasteiger partial charge in [0.05, 0.1) is 23.8 Å². The number of nitrogens with one attached hydrogen (secondary N) is 1. The molecule has 0 radical (unpaired) electrons. The van der Waals surface area contributed by atoms with Gasteiger partial charge in [0.2, 0.25) is 0 Å². The minimum atomic E-state index is -0.404. The Kier molecular flexibility index (Phi) is 4.29. The van der Waals surface area contributed by atoms with E-state index in [9.17, 15) is 10.1 Å². The highest BCUT2D eigenvalue weighted by atomic mass is 35.5. The Hall–Kier alpha value is -2.24. The summed E-state index contributed by atoms with van der Waals surface area (Å²) in [7, 11) is 1.61. The summed E-state index contributed by atoms with van der Waals surface area (Å²) in [6.45, 7) is 0. The lowest BCUT2D eigenvalue weighted by atomic mass is 9.76. The third kappa shape index (κ3) is 2.63. The summed E-state index contributed by atoms with van der Waals surface area (Å²) < 4.78 is 5.51. The van der Waals surface area contributed by atoms with Gasteiger partial charge in [-0.1, -0.05) is 35.4 Å². The van der Waals surface area contributed by atoms with Crippen molar-refractivity contribution in [2.75, 3.05) is 12.4 Å². The monoisotopic (exact) mass is 390 g/mol. The number of rotatable bonds is 3. The standard InChI is InChI=1S/C19H16Cl2N2O3/c1-26-16-8-7-15(21)17-11-3-2-4-12(11)18(22-19(16)17)13-9-10(23(24)25)5-6-14(13)20/h2-3,5-9,11-12,18,22H,4H2,1H3/t11-,12+,18-/m1/s1. The van der Waals surface area contributed by atoms with Crippen molar-refractivity contribution in [1.82, 2.24) is 0 Å². The molecule has 5 nitrogen and oxygen atoms in total. The number of fused-ring (bicyclic) bond motifs is 3. The molecule has 0 spiro atoms. The molecule has 26 heavy (non-hydrogen) atoms. The Labute approximate surface area is 160 Å². The first-order chi connectivity index (χ1) is 12.5. The average Bonchev–Trinajstić information content (AvgIpc) is 3.11. The Morgan fingerprint density at radius 2 is 2.00 bits per heavy atom. The molecule has 1 N–H and O–H groups in total. The summed E-state index contributed by atoms with van der Waals surface area (Å²) in [5, 5.41) is 15.9. The van der Waals surface area contributed by atoms with Crippen LogP contribution in [-0.4, -0.2) is 12.0 Å². The number of benzene rings is 2. The summed E-state index contributed by atoms with van der Waals surface area (Å²) in [6, 6.07) is 8.03. The van der Waals surface area contributed by atoms with E-state index in [4.69, 9.17) is 27.9 Å². The largest absolute Gasteiger partial charge is 0.495 e. The van der Waals surface area contributed by atoms with Gasteiger partial charge in [-0.2, -0.15) is 0 Å². The summed E-state index contributed by atoms with van der Waals surface area (Å²) in [5.41, 5.74) is 2.56. The molecule has 134 valence electrons. The van der Waals surface area contributed by atoms with Gasteiger partial charge in [0.25, 0.3) is 5.69 Å². The highest BCUT2D eigenvalue weighted by Gasteiger charge is 2.41. The highest BCUT2D eigenvalue weighted by Crippen LogP contribution is 2.55. The van der Waals surface area contributed by atoms with E-state index in [-0.39, 0.29) is 23.6 Å². The van der Waals surface area contributed by atoms with E-state index in [1.165, 1.54) is 6.07 Å². The minimum Gasteiger partial charge on any atom is -0.495 e. The maximum Gasteiger partial charge on any atom is 0.269 e. The van der Waals surface area contributed by atoms with Gasteiger partial charge in [-0.05, 0) is 30.5 Å². The zero-order valence-electron chi connectivity index (χ0n) is 13.9. The predicted octanol–water partition coefficient (Wildman–Crippen LogP) is 5.74. The average molecular weight is 391 g/mol. The highest BCUT2D eigenvalue weighted by molar-refractivity contribution is 6.32. The zero-order valence-corrected chi connectivity index (χ0v) is 15.4. The molecule has 4 rings (SSSR count). The first-order valence-corrected chi connectivity index (χ1v) is 9.00. The molecule has 0 saturated heterocycles. The lowest BCUT2D eigenvalue weighted by Gasteiger charge is -2.38. The lowest BCUT2D eigenvalue weighted by molar-refractivity contribution is -0.384. The fourth-order valence-corrected chi connectivity index (χ4v) is 4.52. The van der Waals surface area contributed by atoms with Crippen LogP contribution in [0.4, 0.5) is 11.4 Å². The van der Waals surface area contributed by atoms with Crippen LogP contribution >= 0.6 is 23.2 Å². The van der Waals surface area contributed by atoms with E-state index in [2.05, 4.69) is 17.5 Å². The van der Waals surface area contributed by atoms with Crippen LogP contribution in [-0.2, 0) is 0 Å². The molecule has 1 heterocycles. The van der Waals surface area contributed by atoms with Crippen molar-refractivity contribution in [1.29, 1.82) is 0 Å². The molecule has 0 unspecified atom stereocenters. The van der Waals surface area contributed by atoms with Crippen LogP contribution in [0.15, 0.2) is 42.5 Å². The number of hydrogen-bond donors (Lipinski definition) is 1. The lowest BCUT2D eigenvalue weighted by Crippen LogP contribution is -2.30. The third-order valence-electron chi connectivity index (χ3n) is 5.17. The second-order valence-corrected chi connectivity index (χ2v) is 7.29.